The van der Waals surface area contributed by atoms with Crippen molar-refractivity contribution < 1.29 is 14.7 Å². The van der Waals surface area contributed by atoms with Crippen molar-refractivity contribution in [3.05, 3.63) is 47.3 Å². The van der Waals surface area contributed by atoms with Crippen molar-refractivity contribution in [3.8, 4) is 0 Å². The maximum atomic E-state index is 11.8. The van der Waals surface area contributed by atoms with Crippen LogP contribution in [0.5, 0.6) is 0 Å². The van der Waals surface area contributed by atoms with Crippen LogP contribution < -0.4 is 10.6 Å². The maximum absolute atomic E-state index is 11.8. The summed E-state index contributed by atoms with van der Waals surface area (Å²) < 4.78 is 1.65. The average Bonchev–Trinajstić information content (AvgIpc) is 2.84. The first-order valence-electron chi connectivity index (χ1n) is 6.33. The lowest BCUT2D eigenvalue weighted by Crippen LogP contribution is -2.28. The third-order valence-electron chi connectivity index (χ3n) is 2.93. The number of aromatic carboxylic acids is 1. The number of aryl methyl sites for hydroxylation is 2. The number of carboxylic acid groups (broad SMARTS) is 1. The number of hydrogen-bond donors (Lipinski definition) is 3. The third-order valence-corrected chi connectivity index (χ3v) is 2.93. The third kappa shape index (κ3) is 3.82. The van der Waals surface area contributed by atoms with Crippen LogP contribution in [-0.4, -0.2) is 26.9 Å². The molecule has 1 aromatic heterocycles. The van der Waals surface area contributed by atoms with Gasteiger partial charge in [-0.25, -0.2) is 9.59 Å². The molecule has 0 atom stereocenters. The molecular weight excluding hydrogens is 272 g/mol. The summed E-state index contributed by atoms with van der Waals surface area (Å²) in [6.07, 6.45) is 1.79. The molecule has 2 aromatic rings. The Morgan fingerprint density at radius 1 is 1.33 bits per heavy atom. The van der Waals surface area contributed by atoms with Gasteiger partial charge < -0.3 is 15.7 Å². The van der Waals surface area contributed by atoms with Crippen LogP contribution in [0.15, 0.2) is 30.5 Å². The van der Waals surface area contributed by atoms with E-state index in [1.165, 1.54) is 12.1 Å². The van der Waals surface area contributed by atoms with Crippen molar-refractivity contribution >= 4 is 17.7 Å². The Hall–Kier alpha value is -2.83. The fourth-order valence-electron chi connectivity index (χ4n) is 1.78. The van der Waals surface area contributed by atoms with Crippen molar-refractivity contribution in [3.63, 3.8) is 0 Å². The number of rotatable bonds is 4. The number of nitrogens with one attached hydrogen (secondary N) is 2. The van der Waals surface area contributed by atoms with Crippen LogP contribution in [0.25, 0.3) is 0 Å². The second-order valence-electron chi connectivity index (χ2n) is 4.62. The molecule has 0 bridgehead atoms. The minimum Gasteiger partial charge on any atom is -0.478 e. The van der Waals surface area contributed by atoms with E-state index in [0.29, 0.717) is 12.2 Å². The number of urea groups is 1. The predicted octanol–water partition coefficient (Wildman–Crippen LogP) is 1.75. The van der Waals surface area contributed by atoms with Crippen LogP contribution in [-0.2, 0) is 13.6 Å². The zero-order valence-electron chi connectivity index (χ0n) is 11.8. The lowest BCUT2D eigenvalue weighted by molar-refractivity contribution is 0.0697. The molecule has 0 radical (unpaired) electrons. The van der Waals surface area contributed by atoms with E-state index in [4.69, 9.17) is 5.11 Å². The second-order valence-corrected chi connectivity index (χ2v) is 4.62. The molecule has 21 heavy (non-hydrogen) atoms. The second kappa shape index (κ2) is 6.08. The van der Waals surface area contributed by atoms with Gasteiger partial charge in [-0.3, -0.25) is 4.68 Å². The van der Waals surface area contributed by atoms with Gasteiger partial charge in [0.05, 0.1) is 17.8 Å². The first kappa shape index (κ1) is 14.6. The quantitative estimate of drug-likeness (QED) is 0.798. The van der Waals surface area contributed by atoms with E-state index in [0.717, 1.165) is 11.3 Å². The van der Waals surface area contributed by atoms with Crippen LogP contribution in [0.4, 0.5) is 10.5 Å². The number of hydrogen-bond acceptors (Lipinski definition) is 3. The highest BCUT2D eigenvalue weighted by molar-refractivity contribution is 5.93. The number of aromatic nitrogens is 2. The van der Waals surface area contributed by atoms with Gasteiger partial charge in [-0.15, -0.1) is 0 Å². The summed E-state index contributed by atoms with van der Waals surface area (Å²) in [6, 6.07) is 5.97. The summed E-state index contributed by atoms with van der Waals surface area (Å²) in [4.78, 5) is 22.7. The number of carbonyl (C=O) groups excluding carboxylic acids is 1. The Balaban J connectivity index is 1.99. The van der Waals surface area contributed by atoms with Crippen molar-refractivity contribution in [2.45, 2.75) is 13.5 Å². The lowest BCUT2D eigenvalue weighted by Gasteiger charge is -2.10. The van der Waals surface area contributed by atoms with Crippen LogP contribution in [0, 0.1) is 6.92 Å². The van der Waals surface area contributed by atoms with Gasteiger partial charge in [0.25, 0.3) is 0 Å². The number of carbonyl (C=O) groups is 2. The molecule has 2 amide bonds. The fraction of sp³-hybridized carbons (Fsp3) is 0.214. The van der Waals surface area contributed by atoms with Crippen LogP contribution in [0.2, 0.25) is 0 Å². The van der Waals surface area contributed by atoms with Gasteiger partial charge in [-0.2, -0.15) is 5.10 Å². The SMILES string of the molecule is Cc1ccc(C(=O)O)cc1NC(=O)NCc1ccn(C)n1. The molecule has 2 rings (SSSR count). The van der Waals surface area contributed by atoms with Gasteiger partial charge in [-0.05, 0) is 30.7 Å². The summed E-state index contributed by atoms with van der Waals surface area (Å²) >= 11 is 0. The zero-order valence-corrected chi connectivity index (χ0v) is 11.8. The molecule has 0 spiro atoms. The first-order chi connectivity index (χ1) is 9.95. The summed E-state index contributed by atoms with van der Waals surface area (Å²) in [6.45, 7) is 2.09. The molecule has 3 N–H and O–H groups in total. The van der Waals surface area contributed by atoms with Crippen molar-refractivity contribution in [1.82, 2.24) is 15.1 Å². The monoisotopic (exact) mass is 288 g/mol. The van der Waals surface area contributed by atoms with Crippen LogP contribution in [0.1, 0.15) is 21.6 Å². The van der Waals surface area contributed by atoms with E-state index in [1.807, 2.05) is 0 Å². The highest BCUT2D eigenvalue weighted by Crippen LogP contribution is 2.16. The Bertz CT molecular complexity index is 679. The molecule has 0 aliphatic rings. The standard InChI is InChI=1S/C14H16N4O3/c1-9-3-4-10(13(19)20)7-12(9)16-14(21)15-8-11-5-6-18(2)17-11/h3-7H,8H2,1-2H3,(H,19,20)(H2,15,16,21). The predicted molar refractivity (Wildman–Crippen MR) is 77.2 cm³/mol. The van der Waals surface area contributed by atoms with E-state index in [2.05, 4.69) is 15.7 Å². The lowest BCUT2D eigenvalue weighted by atomic mass is 10.1. The Morgan fingerprint density at radius 3 is 2.71 bits per heavy atom. The van der Waals surface area contributed by atoms with Crippen LogP contribution in [0.3, 0.4) is 0 Å². The molecule has 0 saturated carbocycles. The number of nitrogens with zero attached hydrogens (tertiary/aromatic N) is 2. The molecule has 7 heteroatoms. The molecule has 0 unspecified atom stereocenters. The molecular formula is C14H16N4O3. The van der Waals surface area contributed by atoms with Gasteiger partial charge in [0.15, 0.2) is 0 Å². The largest absolute Gasteiger partial charge is 0.478 e. The van der Waals surface area contributed by atoms with E-state index < -0.39 is 12.0 Å². The van der Waals surface area contributed by atoms with Gasteiger partial charge in [0.1, 0.15) is 0 Å². The normalized spacial score (nSPS) is 10.2. The number of carboxylic acids is 1. The molecule has 110 valence electrons. The number of benzene rings is 1. The molecule has 0 saturated heterocycles. The summed E-state index contributed by atoms with van der Waals surface area (Å²) in [7, 11) is 1.80. The fourth-order valence-corrected chi connectivity index (χ4v) is 1.78. The topological polar surface area (TPSA) is 96.3 Å². The Kier molecular flexibility index (Phi) is 4.22. The summed E-state index contributed by atoms with van der Waals surface area (Å²) in [5.74, 6) is -1.04. The van der Waals surface area contributed by atoms with E-state index in [1.54, 1.807) is 37.0 Å². The molecule has 7 nitrogen and oxygen atoms in total. The zero-order chi connectivity index (χ0) is 15.4. The average molecular weight is 288 g/mol. The van der Waals surface area contributed by atoms with Gasteiger partial charge in [0.2, 0.25) is 0 Å². The summed E-state index contributed by atoms with van der Waals surface area (Å²) in [5.41, 5.74) is 2.12. The van der Waals surface area contributed by atoms with E-state index in [-0.39, 0.29) is 5.56 Å². The number of anilines is 1. The summed E-state index contributed by atoms with van der Waals surface area (Å²) in [5, 5.41) is 18.4. The van der Waals surface area contributed by atoms with Crippen molar-refractivity contribution in [2.24, 2.45) is 7.05 Å². The Labute approximate surface area is 121 Å². The first-order valence-corrected chi connectivity index (χ1v) is 6.33. The molecule has 1 heterocycles. The smallest absolute Gasteiger partial charge is 0.335 e. The molecule has 0 aliphatic carbocycles. The van der Waals surface area contributed by atoms with Gasteiger partial charge >= 0.3 is 12.0 Å². The highest BCUT2D eigenvalue weighted by atomic mass is 16.4. The minimum absolute atomic E-state index is 0.126. The highest BCUT2D eigenvalue weighted by Gasteiger charge is 2.09. The van der Waals surface area contributed by atoms with Crippen molar-refractivity contribution in [2.75, 3.05) is 5.32 Å². The van der Waals surface area contributed by atoms with E-state index in [9.17, 15) is 9.59 Å². The maximum Gasteiger partial charge on any atom is 0.335 e. The Morgan fingerprint density at radius 2 is 2.10 bits per heavy atom. The molecule has 0 fully saturated rings. The van der Waals surface area contributed by atoms with Gasteiger partial charge in [0, 0.05) is 18.9 Å². The molecule has 1 aromatic carbocycles. The van der Waals surface area contributed by atoms with Crippen molar-refractivity contribution in [1.29, 1.82) is 0 Å². The number of amides is 2. The molecule has 0 aliphatic heterocycles. The minimum atomic E-state index is -1.04. The van der Waals surface area contributed by atoms with Crippen LogP contribution >= 0.6 is 0 Å². The van der Waals surface area contributed by atoms with Gasteiger partial charge in [-0.1, -0.05) is 6.07 Å². The van der Waals surface area contributed by atoms with E-state index >= 15 is 0 Å².